The average molecular weight is 233 g/mol. The minimum atomic E-state index is -0.570. The smallest absolute Gasteiger partial charge is 0.148 e. The zero-order chi connectivity index (χ0) is 11.8. The van der Waals surface area contributed by atoms with Crippen LogP contribution in [0.3, 0.4) is 0 Å². The van der Waals surface area contributed by atoms with E-state index >= 15 is 0 Å². The van der Waals surface area contributed by atoms with Gasteiger partial charge >= 0.3 is 0 Å². The Balaban J connectivity index is 2.08. The van der Waals surface area contributed by atoms with Gasteiger partial charge in [-0.2, -0.15) is 5.10 Å². The molecular formula is C12H12FN3O. The third-order valence-electron chi connectivity index (χ3n) is 2.91. The van der Waals surface area contributed by atoms with Crippen LogP contribution in [0.25, 0.3) is 5.69 Å². The molecule has 4 nitrogen and oxygen atoms in total. The summed E-state index contributed by atoms with van der Waals surface area (Å²) in [6, 6.07) is 6.45. The molecule has 1 aromatic heterocycles. The van der Waals surface area contributed by atoms with Gasteiger partial charge in [0.1, 0.15) is 11.5 Å². The van der Waals surface area contributed by atoms with E-state index in [0.717, 1.165) is 11.3 Å². The lowest BCUT2D eigenvalue weighted by Gasteiger charge is -2.16. The van der Waals surface area contributed by atoms with Gasteiger partial charge in [0.25, 0.3) is 0 Å². The molecule has 0 fully saturated rings. The lowest BCUT2D eigenvalue weighted by Crippen LogP contribution is -2.27. The molecule has 0 radical (unpaired) electrons. The first-order chi connectivity index (χ1) is 8.25. The third kappa shape index (κ3) is 1.73. The number of hydrogen-bond donors (Lipinski definition) is 2. The molecule has 1 atom stereocenters. The summed E-state index contributed by atoms with van der Waals surface area (Å²) >= 11 is 0. The van der Waals surface area contributed by atoms with Gasteiger partial charge in [0.15, 0.2) is 0 Å². The van der Waals surface area contributed by atoms with Gasteiger partial charge in [-0.15, -0.1) is 0 Å². The van der Waals surface area contributed by atoms with Gasteiger partial charge in [-0.1, -0.05) is 12.1 Å². The van der Waals surface area contributed by atoms with Crippen molar-refractivity contribution >= 4 is 0 Å². The van der Waals surface area contributed by atoms with E-state index < -0.39 is 6.10 Å². The molecule has 0 aliphatic carbocycles. The largest absolute Gasteiger partial charge is 0.387 e. The number of β-amino-alcohol motifs (C(OH)–C–C–N with tert-alkyl or cyclic N) is 1. The highest BCUT2D eigenvalue weighted by Gasteiger charge is 2.21. The summed E-state index contributed by atoms with van der Waals surface area (Å²) in [5.41, 5.74) is 1.94. The van der Waals surface area contributed by atoms with Gasteiger partial charge < -0.3 is 10.4 Å². The van der Waals surface area contributed by atoms with Crippen molar-refractivity contribution in [1.82, 2.24) is 15.1 Å². The lowest BCUT2D eigenvalue weighted by atomic mass is 10.1. The Labute approximate surface area is 97.7 Å². The fourth-order valence-corrected chi connectivity index (χ4v) is 2.04. The van der Waals surface area contributed by atoms with Crippen LogP contribution in [0.4, 0.5) is 4.39 Å². The third-order valence-corrected chi connectivity index (χ3v) is 2.91. The molecule has 1 aliphatic rings. The van der Waals surface area contributed by atoms with Crippen LogP contribution in [0.2, 0.25) is 0 Å². The minimum Gasteiger partial charge on any atom is -0.387 e. The Morgan fingerprint density at radius 2 is 2.24 bits per heavy atom. The van der Waals surface area contributed by atoms with Crippen LogP contribution < -0.4 is 5.32 Å². The molecule has 0 spiro atoms. The van der Waals surface area contributed by atoms with E-state index in [0.29, 0.717) is 18.8 Å². The van der Waals surface area contributed by atoms with Crippen molar-refractivity contribution < 1.29 is 9.50 Å². The molecule has 2 aromatic rings. The lowest BCUT2D eigenvalue weighted by molar-refractivity contribution is 0.165. The van der Waals surface area contributed by atoms with Gasteiger partial charge in [0.2, 0.25) is 0 Å². The monoisotopic (exact) mass is 233 g/mol. The van der Waals surface area contributed by atoms with E-state index in [9.17, 15) is 9.50 Å². The number of aromatic nitrogens is 2. The Morgan fingerprint density at radius 1 is 1.41 bits per heavy atom. The van der Waals surface area contributed by atoms with E-state index in [1.54, 1.807) is 24.4 Å². The van der Waals surface area contributed by atoms with Crippen LogP contribution in [-0.4, -0.2) is 21.4 Å². The number of nitrogens with zero attached hydrogens (tertiary/aromatic N) is 2. The summed E-state index contributed by atoms with van der Waals surface area (Å²) in [4.78, 5) is 0. The van der Waals surface area contributed by atoms with Crippen molar-refractivity contribution in [3.63, 3.8) is 0 Å². The van der Waals surface area contributed by atoms with Crippen molar-refractivity contribution in [2.45, 2.75) is 12.6 Å². The molecule has 0 saturated carbocycles. The van der Waals surface area contributed by atoms with Crippen molar-refractivity contribution in [3.05, 3.63) is 47.5 Å². The maximum Gasteiger partial charge on any atom is 0.148 e. The van der Waals surface area contributed by atoms with Crippen LogP contribution in [-0.2, 0) is 6.54 Å². The van der Waals surface area contributed by atoms with Crippen LogP contribution in [0, 0.1) is 5.82 Å². The summed E-state index contributed by atoms with van der Waals surface area (Å²) < 4.78 is 15.1. The van der Waals surface area contributed by atoms with Crippen molar-refractivity contribution in [3.8, 4) is 5.69 Å². The second kappa shape index (κ2) is 3.94. The molecule has 0 amide bonds. The first-order valence-corrected chi connectivity index (χ1v) is 5.48. The SMILES string of the molecule is OC1CNCc2nn(-c3ccccc3F)cc21. The summed E-state index contributed by atoms with van der Waals surface area (Å²) in [5.74, 6) is -0.324. The van der Waals surface area contributed by atoms with Gasteiger partial charge in [-0.3, -0.25) is 0 Å². The number of benzene rings is 1. The van der Waals surface area contributed by atoms with Crippen LogP contribution in [0.15, 0.2) is 30.5 Å². The number of aliphatic hydroxyl groups excluding tert-OH is 1. The molecule has 1 aromatic carbocycles. The van der Waals surface area contributed by atoms with E-state index in [-0.39, 0.29) is 5.82 Å². The Morgan fingerprint density at radius 3 is 3.00 bits per heavy atom. The molecule has 1 aliphatic heterocycles. The number of para-hydroxylation sites is 1. The second-order valence-corrected chi connectivity index (χ2v) is 4.07. The highest BCUT2D eigenvalue weighted by atomic mass is 19.1. The molecule has 5 heteroatoms. The molecule has 3 rings (SSSR count). The Hall–Kier alpha value is -1.72. The summed E-state index contributed by atoms with van der Waals surface area (Å²) in [5, 5.41) is 17.1. The number of hydrogen-bond acceptors (Lipinski definition) is 3. The number of rotatable bonds is 1. The van der Waals surface area contributed by atoms with E-state index in [4.69, 9.17) is 0 Å². The van der Waals surface area contributed by atoms with Crippen LogP contribution in [0.5, 0.6) is 0 Å². The molecule has 88 valence electrons. The fraction of sp³-hybridized carbons (Fsp3) is 0.250. The minimum absolute atomic E-state index is 0.324. The zero-order valence-corrected chi connectivity index (χ0v) is 9.10. The topological polar surface area (TPSA) is 50.1 Å². The maximum absolute atomic E-state index is 13.6. The highest BCUT2D eigenvalue weighted by Crippen LogP contribution is 2.23. The predicted octanol–water partition coefficient (Wildman–Crippen LogP) is 1.15. The Kier molecular flexibility index (Phi) is 2.42. The van der Waals surface area contributed by atoms with Crippen molar-refractivity contribution in [1.29, 1.82) is 0 Å². The van der Waals surface area contributed by atoms with Gasteiger partial charge in [0.05, 0.1) is 11.8 Å². The molecule has 1 unspecified atom stereocenters. The molecule has 2 heterocycles. The van der Waals surface area contributed by atoms with Crippen LogP contribution in [0.1, 0.15) is 17.4 Å². The van der Waals surface area contributed by atoms with Gasteiger partial charge in [-0.05, 0) is 12.1 Å². The summed E-state index contributed by atoms with van der Waals surface area (Å²) in [6.07, 6.45) is 1.12. The molecule has 0 bridgehead atoms. The maximum atomic E-state index is 13.6. The van der Waals surface area contributed by atoms with Crippen molar-refractivity contribution in [2.75, 3.05) is 6.54 Å². The normalized spacial score (nSPS) is 19.1. The first kappa shape index (κ1) is 10.4. The zero-order valence-electron chi connectivity index (χ0n) is 9.10. The first-order valence-electron chi connectivity index (χ1n) is 5.48. The number of fused-ring (bicyclic) bond motifs is 1. The Bertz CT molecular complexity index is 552. The summed E-state index contributed by atoms with van der Waals surface area (Å²) in [6.45, 7) is 1.11. The quantitative estimate of drug-likeness (QED) is 0.776. The number of nitrogens with one attached hydrogen (secondary N) is 1. The van der Waals surface area contributed by atoms with Gasteiger partial charge in [-0.25, -0.2) is 9.07 Å². The standard InChI is InChI=1S/C12H12FN3O/c13-9-3-1-2-4-11(9)16-7-8-10(15-16)5-14-6-12(8)17/h1-4,7,12,14,17H,5-6H2. The second-order valence-electron chi connectivity index (χ2n) is 4.07. The molecule has 17 heavy (non-hydrogen) atoms. The van der Waals surface area contributed by atoms with Gasteiger partial charge in [0, 0.05) is 24.8 Å². The fourth-order valence-electron chi connectivity index (χ4n) is 2.04. The van der Waals surface area contributed by atoms with Crippen LogP contribution >= 0.6 is 0 Å². The summed E-state index contributed by atoms with van der Waals surface area (Å²) in [7, 11) is 0. The highest BCUT2D eigenvalue weighted by molar-refractivity contribution is 5.35. The number of aliphatic hydroxyl groups is 1. The van der Waals surface area contributed by atoms with E-state index in [1.807, 2.05) is 0 Å². The van der Waals surface area contributed by atoms with Crippen molar-refractivity contribution in [2.24, 2.45) is 0 Å². The van der Waals surface area contributed by atoms with E-state index in [2.05, 4.69) is 10.4 Å². The molecule has 0 saturated heterocycles. The number of halogens is 1. The average Bonchev–Trinajstić information content (AvgIpc) is 2.75. The molecular weight excluding hydrogens is 221 g/mol. The molecule has 2 N–H and O–H groups in total. The van der Waals surface area contributed by atoms with E-state index in [1.165, 1.54) is 10.7 Å². The predicted molar refractivity (Wildman–Crippen MR) is 60.2 cm³/mol.